The molecule has 10 heavy (non-hydrogen) atoms. The van der Waals surface area contributed by atoms with Gasteiger partial charge < -0.3 is 14.6 Å². The van der Waals surface area contributed by atoms with Crippen molar-refractivity contribution in [2.24, 2.45) is 0 Å². The maximum Gasteiger partial charge on any atom is 0.0700 e. The fourth-order valence-electron chi connectivity index (χ4n) is 0.531. The predicted octanol–water partition coefficient (Wildman–Crippen LogP) is 0.422. The SMILES string of the molecule is CCOCCOCCCO. The van der Waals surface area contributed by atoms with Crippen LogP contribution < -0.4 is 0 Å². The molecule has 0 rings (SSSR count). The van der Waals surface area contributed by atoms with Crippen LogP contribution in [0.3, 0.4) is 0 Å². The van der Waals surface area contributed by atoms with E-state index >= 15 is 0 Å². The molecule has 0 saturated heterocycles. The van der Waals surface area contributed by atoms with Crippen LogP contribution in [-0.2, 0) is 9.47 Å². The van der Waals surface area contributed by atoms with Gasteiger partial charge in [0, 0.05) is 19.8 Å². The first kappa shape index (κ1) is 9.88. The molecule has 0 radical (unpaired) electrons. The highest BCUT2D eigenvalue weighted by atomic mass is 16.5. The summed E-state index contributed by atoms with van der Waals surface area (Å²) in [5.74, 6) is 0. The molecule has 0 bridgehead atoms. The molecular weight excluding hydrogens is 132 g/mol. The Morgan fingerprint density at radius 1 is 1.10 bits per heavy atom. The van der Waals surface area contributed by atoms with E-state index in [1.807, 2.05) is 6.92 Å². The number of aliphatic hydroxyl groups excluding tert-OH is 1. The molecule has 0 atom stereocenters. The summed E-state index contributed by atoms with van der Waals surface area (Å²) < 4.78 is 10.1. The van der Waals surface area contributed by atoms with Crippen molar-refractivity contribution in [1.82, 2.24) is 0 Å². The second-order valence-corrected chi connectivity index (χ2v) is 1.89. The van der Waals surface area contributed by atoms with Crippen LogP contribution in [0.4, 0.5) is 0 Å². The second kappa shape index (κ2) is 8.88. The molecule has 0 unspecified atom stereocenters. The van der Waals surface area contributed by atoms with Gasteiger partial charge in [0.25, 0.3) is 0 Å². The molecule has 3 heteroatoms. The lowest BCUT2D eigenvalue weighted by Crippen LogP contribution is -2.05. The minimum absolute atomic E-state index is 0.203. The van der Waals surface area contributed by atoms with Crippen LogP contribution in [0.15, 0.2) is 0 Å². The Hall–Kier alpha value is -0.120. The molecule has 0 amide bonds. The molecule has 0 aromatic carbocycles. The zero-order valence-electron chi connectivity index (χ0n) is 6.51. The normalized spacial score (nSPS) is 10.2. The van der Waals surface area contributed by atoms with Crippen LogP contribution in [-0.4, -0.2) is 38.1 Å². The van der Waals surface area contributed by atoms with Crippen molar-refractivity contribution < 1.29 is 14.6 Å². The van der Waals surface area contributed by atoms with Gasteiger partial charge >= 0.3 is 0 Å². The van der Waals surface area contributed by atoms with Crippen molar-refractivity contribution in [3.63, 3.8) is 0 Å². The first-order valence-electron chi connectivity index (χ1n) is 3.68. The van der Waals surface area contributed by atoms with Crippen LogP contribution in [0.25, 0.3) is 0 Å². The number of ether oxygens (including phenoxy) is 2. The molecule has 0 aromatic rings. The van der Waals surface area contributed by atoms with E-state index in [1.54, 1.807) is 0 Å². The molecule has 0 aliphatic heterocycles. The van der Waals surface area contributed by atoms with Crippen LogP contribution >= 0.6 is 0 Å². The third-order valence-electron chi connectivity index (χ3n) is 1.02. The Morgan fingerprint density at radius 2 is 1.80 bits per heavy atom. The van der Waals surface area contributed by atoms with Crippen molar-refractivity contribution in [3.8, 4) is 0 Å². The van der Waals surface area contributed by atoms with Crippen molar-refractivity contribution in [2.75, 3.05) is 33.0 Å². The topological polar surface area (TPSA) is 38.7 Å². The van der Waals surface area contributed by atoms with Gasteiger partial charge in [0.15, 0.2) is 0 Å². The zero-order valence-corrected chi connectivity index (χ0v) is 6.51. The summed E-state index contributed by atoms with van der Waals surface area (Å²) in [7, 11) is 0. The van der Waals surface area contributed by atoms with Gasteiger partial charge in [-0.2, -0.15) is 0 Å². The zero-order chi connectivity index (χ0) is 7.66. The van der Waals surface area contributed by atoms with Gasteiger partial charge in [-0.15, -0.1) is 0 Å². The van der Waals surface area contributed by atoms with Gasteiger partial charge in [-0.3, -0.25) is 0 Å². The van der Waals surface area contributed by atoms with E-state index in [0.717, 1.165) is 6.61 Å². The molecule has 0 aromatic heterocycles. The van der Waals surface area contributed by atoms with Crippen LogP contribution in [0.5, 0.6) is 0 Å². The Bertz CT molecular complexity index is 48.8. The van der Waals surface area contributed by atoms with E-state index in [-0.39, 0.29) is 6.61 Å². The van der Waals surface area contributed by atoms with Crippen LogP contribution in [0.1, 0.15) is 13.3 Å². The van der Waals surface area contributed by atoms with E-state index in [2.05, 4.69) is 0 Å². The fraction of sp³-hybridized carbons (Fsp3) is 1.00. The highest BCUT2D eigenvalue weighted by Crippen LogP contribution is 1.81. The summed E-state index contributed by atoms with van der Waals surface area (Å²) in [6.45, 7) is 4.81. The Balaban J connectivity index is 2.65. The highest BCUT2D eigenvalue weighted by molar-refractivity contribution is 4.32. The molecule has 0 fully saturated rings. The molecule has 0 spiro atoms. The van der Waals surface area contributed by atoms with E-state index in [9.17, 15) is 0 Å². The molecular formula is C7H16O3. The van der Waals surface area contributed by atoms with E-state index in [1.165, 1.54) is 0 Å². The van der Waals surface area contributed by atoms with Gasteiger partial charge in [-0.05, 0) is 13.3 Å². The quantitative estimate of drug-likeness (QED) is 0.532. The highest BCUT2D eigenvalue weighted by Gasteiger charge is 1.86. The van der Waals surface area contributed by atoms with Crippen LogP contribution in [0, 0.1) is 0 Å². The minimum Gasteiger partial charge on any atom is -0.396 e. The van der Waals surface area contributed by atoms with Crippen LogP contribution in [0.2, 0.25) is 0 Å². The lowest BCUT2D eigenvalue weighted by molar-refractivity contribution is 0.0472. The lowest BCUT2D eigenvalue weighted by atomic mass is 10.5. The summed E-state index contributed by atoms with van der Waals surface area (Å²) in [6, 6.07) is 0. The number of aliphatic hydroxyl groups is 1. The molecule has 0 saturated carbocycles. The molecule has 3 nitrogen and oxygen atoms in total. The molecule has 0 aliphatic rings. The van der Waals surface area contributed by atoms with E-state index in [0.29, 0.717) is 26.2 Å². The maximum absolute atomic E-state index is 8.36. The van der Waals surface area contributed by atoms with Crippen molar-refractivity contribution in [1.29, 1.82) is 0 Å². The smallest absolute Gasteiger partial charge is 0.0700 e. The fourth-order valence-corrected chi connectivity index (χ4v) is 0.531. The summed E-state index contributed by atoms with van der Waals surface area (Å²) >= 11 is 0. The van der Waals surface area contributed by atoms with Gasteiger partial charge in [-0.1, -0.05) is 0 Å². The lowest BCUT2D eigenvalue weighted by Gasteiger charge is -2.01. The number of rotatable bonds is 7. The molecule has 62 valence electrons. The molecule has 0 aliphatic carbocycles. The summed E-state index contributed by atoms with van der Waals surface area (Å²) in [4.78, 5) is 0. The monoisotopic (exact) mass is 148 g/mol. The Morgan fingerprint density at radius 3 is 2.40 bits per heavy atom. The van der Waals surface area contributed by atoms with Gasteiger partial charge in [0.2, 0.25) is 0 Å². The first-order chi connectivity index (χ1) is 4.91. The average Bonchev–Trinajstić information content (AvgIpc) is 1.97. The van der Waals surface area contributed by atoms with Gasteiger partial charge in [0.05, 0.1) is 13.2 Å². The minimum atomic E-state index is 0.203. The third-order valence-corrected chi connectivity index (χ3v) is 1.02. The Labute approximate surface area is 62.0 Å². The maximum atomic E-state index is 8.36. The van der Waals surface area contributed by atoms with Gasteiger partial charge in [-0.25, -0.2) is 0 Å². The molecule has 1 N–H and O–H groups in total. The third kappa shape index (κ3) is 7.88. The Kier molecular flexibility index (Phi) is 8.77. The van der Waals surface area contributed by atoms with Crippen molar-refractivity contribution >= 4 is 0 Å². The first-order valence-corrected chi connectivity index (χ1v) is 3.68. The predicted molar refractivity (Wildman–Crippen MR) is 39.0 cm³/mol. The summed E-state index contributed by atoms with van der Waals surface area (Å²) in [5, 5.41) is 8.36. The number of hydrogen-bond donors (Lipinski definition) is 1. The van der Waals surface area contributed by atoms with Crippen molar-refractivity contribution in [3.05, 3.63) is 0 Å². The largest absolute Gasteiger partial charge is 0.396 e. The average molecular weight is 148 g/mol. The van der Waals surface area contributed by atoms with Crippen molar-refractivity contribution in [2.45, 2.75) is 13.3 Å². The number of hydrogen-bond acceptors (Lipinski definition) is 3. The standard InChI is InChI=1S/C7H16O3/c1-2-9-6-7-10-5-3-4-8/h8H,2-7H2,1H3. The second-order valence-electron chi connectivity index (χ2n) is 1.89. The summed E-state index contributed by atoms with van der Waals surface area (Å²) in [6.07, 6.45) is 0.714. The van der Waals surface area contributed by atoms with E-state index in [4.69, 9.17) is 14.6 Å². The van der Waals surface area contributed by atoms with E-state index < -0.39 is 0 Å². The van der Waals surface area contributed by atoms with Gasteiger partial charge in [0.1, 0.15) is 0 Å². The molecule has 0 heterocycles. The summed E-state index contributed by atoms with van der Waals surface area (Å²) in [5.41, 5.74) is 0.